The Bertz CT molecular complexity index is 508. The van der Waals surface area contributed by atoms with Crippen LogP contribution in [0.25, 0.3) is 0 Å². The second-order valence-corrected chi connectivity index (χ2v) is 5.74. The Labute approximate surface area is 128 Å². The van der Waals surface area contributed by atoms with E-state index in [0.29, 0.717) is 23.1 Å². The lowest BCUT2D eigenvalue weighted by atomic mass is 9.97. The van der Waals surface area contributed by atoms with Crippen LogP contribution in [-0.2, 0) is 16.1 Å². The smallest absolute Gasteiger partial charge is 0.225 e. The van der Waals surface area contributed by atoms with Crippen LogP contribution in [0.3, 0.4) is 0 Å². The highest BCUT2D eigenvalue weighted by Gasteiger charge is 2.24. The number of hydrogen-bond donors (Lipinski definition) is 1. The molecule has 4 nitrogen and oxygen atoms in total. The zero-order valence-electron chi connectivity index (χ0n) is 10.9. The summed E-state index contributed by atoms with van der Waals surface area (Å²) in [6.07, 6.45) is 2.47. The van der Waals surface area contributed by atoms with Crippen molar-refractivity contribution >= 4 is 35.5 Å². The molecule has 0 aromatic heterocycles. The standard InChI is InChI=1S/C14H16Cl2N2O2/c15-12-4-3-10(13(16)6-12)7-17-14(20)11-2-1-5-18(8-11)9-19/h3-4,6,9,11H,1-2,5,7-8H2,(H,17,20)/t11-/m1/s1. The van der Waals surface area contributed by atoms with Gasteiger partial charge in [-0.2, -0.15) is 0 Å². The summed E-state index contributed by atoms with van der Waals surface area (Å²) < 4.78 is 0. The first-order valence-corrected chi connectivity index (χ1v) is 7.26. The van der Waals surface area contributed by atoms with Gasteiger partial charge in [-0.1, -0.05) is 29.3 Å². The molecule has 1 N–H and O–H groups in total. The molecule has 2 rings (SSSR count). The average Bonchev–Trinajstić information content (AvgIpc) is 2.46. The van der Waals surface area contributed by atoms with Gasteiger partial charge in [0, 0.05) is 29.7 Å². The van der Waals surface area contributed by atoms with Crippen molar-refractivity contribution < 1.29 is 9.59 Å². The molecule has 20 heavy (non-hydrogen) atoms. The van der Waals surface area contributed by atoms with Crippen molar-refractivity contribution in [1.29, 1.82) is 0 Å². The van der Waals surface area contributed by atoms with E-state index < -0.39 is 0 Å². The number of nitrogens with one attached hydrogen (secondary N) is 1. The third kappa shape index (κ3) is 3.87. The monoisotopic (exact) mass is 314 g/mol. The maximum atomic E-state index is 12.1. The highest BCUT2D eigenvalue weighted by Crippen LogP contribution is 2.21. The Morgan fingerprint density at radius 3 is 2.95 bits per heavy atom. The first-order valence-electron chi connectivity index (χ1n) is 6.51. The molecule has 2 amide bonds. The fraction of sp³-hybridized carbons (Fsp3) is 0.429. The third-order valence-electron chi connectivity index (χ3n) is 3.44. The van der Waals surface area contributed by atoms with E-state index in [0.717, 1.165) is 31.4 Å². The van der Waals surface area contributed by atoms with Crippen LogP contribution < -0.4 is 5.32 Å². The summed E-state index contributed by atoms with van der Waals surface area (Å²) in [6, 6.07) is 5.19. The van der Waals surface area contributed by atoms with E-state index in [1.807, 2.05) is 0 Å². The van der Waals surface area contributed by atoms with Crippen LogP contribution in [0, 0.1) is 5.92 Å². The number of carbonyl (C=O) groups excluding carboxylic acids is 2. The van der Waals surface area contributed by atoms with Crippen molar-refractivity contribution in [2.75, 3.05) is 13.1 Å². The molecule has 1 aromatic rings. The van der Waals surface area contributed by atoms with Gasteiger partial charge in [-0.25, -0.2) is 0 Å². The lowest BCUT2D eigenvalue weighted by molar-refractivity contribution is -0.129. The van der Waals surface area contributed by atoms with Crippen LogP contribution in [0.4, 0.5) is 0 Å². The van der Waals surface area contributed by atoms with Crippen LogP contribution in [0.2, 0.25) is 10.0 Å². The number of rotatable bonds is 4. The summed E-state index contributed by atoms with van der Waals surface area (Å²) in [6.45, 7) is 1.59. The lowest BCUT2D eigenvalue weighted by Crippen LogP contribution is -2.42. The molecule has 0 bridgehead atoms. The Morgan fingerprint density at radius 1 is 1.45 bits per heavy atom. The minimum atomic E-state index is -0.139. The zero-order chi connectivity index (χ0) is 14.5. The van der Waals surface area contributed by atoms with Crippen molar-refractivity contribution in [1.82, 2.24) is 10.2 Å². The van der Waals surface area contributed by atoms with E-state index in [4.69, 9.17) is 23.2 Å². The average molecular weight is 315 g/mol. The molecule has 1 atom stereocenters. The largest absolute Gasteiger partial charge is 0.352 e. The highest BCUT2D eigenvalue weighted by molar-refractivity contribution is 6.35. The molecule has 1 fully saturated rings. The van der Waals surface area contributed by atoms with Crippen molar-refractivity contribution in [2.24, 2.45) is 5.92 Å². The van der Waals surface area contributed by atoms with Gasteiger partial charge in [0.2, 0.25) is 12.3 Å². The van der Waals surface area contributed by atoms with Crippen LogP contribution >= 0.6 is 23.2 Å². The van der Waals surface area contributed by atoms with Gasteiger partial charge in [-0.15, -0.1) is 0 Å². The summed E-state index contributed by atoms with van der Waals surface area (Å²) in [4.78, 5) is 24.5. The molecule has 108 valence electrons. The van der Waals surface area contributed by atoms with Gasteiger partial charge < -0.3 is 10.2 Å². The van der Waals surface area contributed by atoms with Crippen LogP contribution in [0.15, 0.2) is 18.2 Å². The maximum Gasteiger partial charge on any atom is 0.225 e. The first-order chi connectivity index (χ1) is 9.60. The summed E-state index contributed by atoms with van der Waals surface area (Å²) >= 11 is 11.9. The van der Waals surface area contributed by atoms with E-state index in [1.54, 1.807) is 23.1 Å². The summed E-state index contributed by atoms with van der Waals surface area (Å²) in [5.41, 5.74) is 0.826. The molecule has 1 aliphatic rings. The molecule has 1 heterocycles. The number of likely N-dealkylation sites (tertiary alicyclic amines) is 1. The van der Waals surface area contributed by atoms with Gasteiger partial charge >= 0.3 is 0 Å². The minimum absolute atomic E-state index is 0.0393. The number of halogens is 2. The summed E-state index contributed by atoms with van der Waals surface area (Å²) in [7, 11) is 0. The molecule has 0 unspecified atom stereocenters. The number of amides is 2. The summed E-state index contributed by atoms with van der Waals surface area (Å²) in [5.74, 6) is -0.178. The Hall–Kier alpha value is -1.26. The SMILES string of the molecule is O=CN1CCC[C@@H](C(=O)NCc2ccc(Cl)cc2Cl)C1. The number of benzene rings is 1. The van der Waals surface area contributed by atoms with E-state index in [2.05, 4.69) is 5.32 Å². The van der Waals surface area contributed by atoms with Gasteiger partial charge in [-0.3, -0.25) is 9.59 Å². The molecule has 1 aromatic carbocycles. The van der Waals surface area contributed by atoms with Gasteiger partial charge in [0.1, 0.15) is 0 Å². The van der Waals surface area contributed by atoms with Crippen molar-refractivity contribution in [3.8, 4) is 0 Å². The third-order valence-corrected chi connectivity index (χ3v) is 4.03. The normalized spacial score (nSPS) is 18.7. The van der Waals surface area contributed by atoms with E-state index in [-0.39, 0.29) is 11.8 Å². The lowest BCUT2D eigenvalue weighted by Gasteiger charge is -2.29. The number of hydrogen-bond acceptors (Lipinski definition) is 2. The fourth-order valence-electron chi connectivity index (χ4n) is 2.31. The maximum absolute atomic E-state index is 12.1. The molecule has 0 spiro atoms. The molecule has 1 saturated heterocycles. The minimum Gasteiger partial charge on any atom is -0.352 e. The van der Waals surface area contributed by atoms with Crippen LogP contribution in [-0.4, -0.2) is 30.3 Å². The second-order valence-electron chi connectivity index (χ2n) is 4.89. The van der Waals surface area contributed by atoms with Crippen molar-refractivity contribution in [3.63, 3.8) is 0 Å². The topological polar surface area (TPSA) is 49.4 Å². The fourth-order valence-corrected chi connectivity index (χ4v) is 2.78. The number of carbonyl (C=O) groups is 2. The second kappa shape index (κ2) is 6.95. The van der Waals surface area contributed by atoms with Crippen molar-refractivity contribution in [2.45, 2.75) is 19.4 Å². The van der Waals surface area contributed by atoms with Crippen molar-refractivity contribution in [3.05, 3.63) is 33.8 Å². The van der Waals surface area contributed by atoms with Crippen LogP contribution in [0.5, 0.6) is 0 Å². The molecular weight excluding hydrogens is 299 g/mol. The Balaban J connectivity index is 1.90. The van der Waals surface area contributed by atoms with Crippen LogP contribution in [0.1, 0.15) is 18.4 Å². The molecule has 6 heteroatoms. The van der Waals surface area contributed by atoms with Gasteiger partial charge in [-0.05, 0) is 30.5 Å². The number of piperidine rings is 1. The Kier molecular flexibility index (Phi) is 5.26. The molecule has 0 radical (unpaired) electrons. The number of nitrogens with zero attached hydrogens (tertiary/aromatic N) is 1. The Morgan fingerprint density at radius 2 is 2.25 bits per heavy atom. The molecular formula is C14H16Cl2N2O2. The quantitative estimate of drug-likeness (QED) is 0.868. The van der Waals surface area contributed by atoms with E-state index in [9.17, 15) is 9.59 Å². The van der Waals surface area contributed by atoms with E-state index in [1.165, 1.54) is 0 Å². The predicted octanol–water partition coefficient (Wildman–Crippen LogP) is 2.48. The van der Waals surface area contributed by atoms with Gasteiger partial charge in [0.05, 0.1) is 5.92 Å². The predicted molar refractivity (Wildman–Crippen MR) is 78.7 cm³/mol. The zero-order valence-corrected chi connectivity index (χ0v) is 12.5. The molecule has 0 saturated carbocycles. The highest BCUT2D eigenvalue weighted by atomic mass is 35.5. The van der Waals surface area contributed by atoms with Gasteiger partial charge in [0.15, 0.2) is 0 Å². The van der Waals surface area contributed by atoms with E-state index >= 15 is 0 Å². The molecule has 1 aliphatic heterocycles. The van der Waals surface area contributed by atoms with Gasteiger partial charge in [0.25, 0.3) is 0 Å². The first kappa shape index (κ1) is 15.1. The molecule has 0 aliphatic carbocycles. The summed E-state index contributed by atoms with van der Waals surface area (Å²) in [5, 5.41) is 3.97.